The summed E-state index contributed by atoms with van der Waals surface area (Å²) in [5, 5.41) is 6.25. The van der Waals surface area contributed by atoms with Crippen molar-refractivity contribution in [1.82, 2.24) is 19.7 Å². The van der Waals surface area contributed by atoms with Gasteiger partial charge in [0.05, 0.1) is 18.1 Å². The number of anilines is 1. The number of hydrogen-bond acceptors (Lipinski definition) is 6. The molecule has 150 valence electrons. The van der Waals surface area contributed by atoms with E-state index >= 15 is 0 Å². The molecule has 2 aromatic heterocycles. The minimum Gasteiger partial charge on any atom is -0.395 e. The molecule has 1 atom stereocenters. The molecular formula is C18H14F3N5O3. The van der Waals surface area contributed by atoms with Crippen LogP contribution in [0, 0.1) is 6.92 Å². The molecule has 8 nitrogen and oxygen atoms in total. The lowest BCUT2D eigenvalue weighted by molar-refractivity contribution is -0.286. The molecule has 0 aliphatic carbocycles. The monoisotopic (exact) mass is 405 g/mol. The summed E-state index contributed by atoms with van der Waals surface area (Å²) in [5.74, 6) is -0.645. The van der Waals surface area contributed by atoms with Crippen LogP contribution in [-0.2, 0) is 0 Å². The molecule has 11 heteroatoms. The third-order valence-corrected chi connectivity index (χ3v) is 4.16. The maximum Gasteiger partial charge on any atom is 0.586 e. The number of nitrogens with one attached hydrogen (secondary N) is 1. The molecule has 1 aliphatic rings. The summed E-state index contributed by atoms with van der Waals surface area (Å²) in [4.78, 5) is 20.6. The molecule has 0 radical (unpaired) electrons. The first-order valence-corrected chi connectivity index (χ1v) is 8.45. The molecule has 0 bridgehead atoms. The van der Waals surface area contributed by atoms with Crippen molar-refractivity contribution in [2.45, 2.75) is 26.4 Å². The van der Waals surface area contributed by atoms with Gasteiger partial charge in [0.25, 0.3) is 5.91 Å². The summed E-state index contributed by atoms with van der Waals surface area (Å²) in [6.07, 6.45) is -1.21. The van der Waals surface area contributed by atoms with Gasteiger partial charge in [0.15, 0.2) is 23.6 Å². The molecular weight excluding hydrogens is 391 g/mol. The molecule has 3 aromatic rings. The van der Waals surface area contributed by atoms with Gasteiger partial charge in [-0.3, -0.25) is 9.78 Å². The first kappa shape index (κ1) is 18.7. The number of aryl methyl sites for hydroxylation is 1. The van der Waals surface area contributed by atoms with Gasteiger partial charge in [-0.15, -0.1) is 8.78 Å². The number of fused-ring (bicyclic) bond motifs is 1. The van der Waals surface area contributed by atoms with Crippen LogP contribution < -0.4 is 14.8 Å². The second-order valence-electron chi connectivity index (χ2n) is 6.26. The Hall–Kier alpha value is -3.63. The normalized spacial score (nSPS) is 15.2. The maximum absolute atomic E-state index is 13.5. The van der Waals surface area contributed by atoms with Gasteiger partial charge >= 0.3 is 6.29 Å². The fraction of sp³-hybridized carbons (Fsp3) is 0.222. The second kappa shape index (κ2) is 6.76. The zero-order chi connectivity index (χ0) is 20.8. The van der Waals surface area contributed by atoms with Crippen molar-refractivity contribution in [3.63, 3.8) is 0 Å². The minimum absolute atomic E-state index is 0.0263. The standard InChI is InChI=1S/C18H14F3N5O3/c1-9-5-14-15(29-18(20,21)28-14)6-11(9)12-7-23-16(8-22-12)25-17(27)13-3-4-24-26(13)10(2)19/h3-8,10H,1-2H3,(H,23,25,27). The van der Waals surface area contributed by atoms with Crippen LogP contribution in [0.4, 0.5) is 19.0 Å². The van der Waals surface area contributed by atoms with E-state index in [-0.39, 0.29) is 23.0 Å². The molecule has 1 N–H and O–H groups in total. The smallest absolute Gasteiger partial charge is 0.395 e. The predicted octanol–water partition coefficient (Wildman–Crippen LogP) is 3.71. The van der Waals surface area contributed by atoms with Crippen LogP contribution in [0.15, 0.2) is 36.8 Å². The SMILES string of the molecule is Cc1cc2c(cc1-c1cnc(NC(=O)c3ccnn3C(C)F)cn1)OC(F)(F)O2. The Bertz CT molecular complexity index is 1080. The third kappa shape index (κ3) is 3.58. The van der Waals surface area contributed by atoms with Crippen LogP contribution in [-0.4, -0.2) is 32.0 Å². The Morgan fingerprint density at radius 2 is 1.93 bits per heavy atom. The van der Waals surface area contributed by atoms with E-state index in [2.05, 4.69) is 29.9 Å². The van der Waals surface area contributed by atoms with E-state index in [1.165, 1.54) is 43.7 Å². The van der Waals surface area contributed by atoms with E-state index in [1.54, 1.807) is 6.92 Å². The van der Waals surface area contributed by atoms with E-state index in [9.17, 15) is 18.0 Å². The van der Waals surface area contributed by atoms with Crippen molar-refractivity contribution in [3.05, 3.63) is 48.0 Å². The summed E-state index contributed by atoms with van der Waals surface area (Å²) < 4.78 is 49.7. The van der Waals surface area contributed by atoms with Crippen LogP contribution >= 0.6 is 0 Å². The molecule has 0 fully saturated rings. The van der Waals surface area contributed by atoms with Crippen molar-refractivity contribution >= 4 is 11.7 Å². The first-order chi connectivity index (χ1) is 13.7. The van der Waals surface area contributed by atoms with Gasteiger partial charge in [0.1, 0.15) is 5.69 Å². The van der Waals surface area contributed by atoms with E-state index in [0.29, 0.717) is 16.8 Å². The number of hydrogen-bond donors (Lipinski definition) is 1. The summed E-state index contributed by atoms with van der Waals surface area (Å²) in [6.45, 7) is 2.95. The molecule has 1 unspecified atom stereocenters. The van der Waals surface area contributed by atoms with Gasteiger partial charge in [-0.25, -0.2) is 14.1 Å². The largest absolute Gasteiger partial charge is 0.586 e. The Morgan fingerprint density at radius 1 is 1.21 bits per heavy atom. The predicted molar refractivity (Wildman–Crippen MR) is 94.4 cm³/mol. The van der Waals surface area contributed by atoms with Gasteiger partial charge in [-0.05, 0) is 37.6 Å². The Kier molecular flexibility index (Phi) is 4.36. The molecule has 1 amide bonds. The zero-order valence-electron chi connectivity index (χ0n) is 15.2. The van der Waals surface area contributed by atoms with Crippen molar-refractivity contribution in [1.29, 1.82) is 0 Å². The van der Waals surface area contributed by atoms with Crippen molar-refractivity contribution in [3.8, 4) is 22.8 Å². The fourth-order valence-corrected chi connectivity index (χ4v) is 2.86. The van der Waals surface area contributed by atoms with Crippen molar-refractivity contribution in [2.75, 3.05) is 5.32 Å². The molecule has 0 spiro atoms. The van der Waals surface area contributed by atoms with E-state index in [1.807, 2.05) is 0 Å². The van der Waals surface area contributed by atoms with Gasteiger partial charge in [0.2, 0.25) is 0 Å². The zero-order valence-corrected chi connectivity index (χ0v) is 15.2. The molecule has 4 rings (SSSR count). The number of benzene rings is 1. The number of ether oxygens (including phenoxy) is 2. The molecule has 1 aromatic carbocycles. The van der Waals surface area contributed by atoms with Crippen LogP contribution in [0.1, 0.15) is 29.3 Å². The average Bonchev–Trinajstić information content (AvgIpc) is 3.25. The van der Waals surface area contributed by atoms with Crippen LogP contribution in [0.25, 0.3) is 11.3 Å². The highest BCUT2D eigenvalue weighted by Gasteiger charge is 2.43. The van der Waals surface area contributed by atoms with Gasteiger partial charge in [0, 0.05) is 11.8 Å². The maximum atomic E-state index is 13.5. The summed E-state index contributed by atoms with van der Waals surface area (Å²) in [5.41, 5.74) is 1.54. The Morgan fingerprint density at radius 3 is 2.59 bits per heavy atom. The summed E-state index contributed by atoms with van der Waals surface area (Å²) >= 11 is 0. The van der Waals surface area contributed by atoms with Crippen molar-refractivity contribution in [2.24, 2.45) is 0 Å². The fourth-order valence-electron chi connectivity index (χ4n) is 2.86. The highest BCUT2D eigenvalue weighted by atomic mass is 19.3. The molecule has 1 aliphatic heterocycles. The number of halogens is 3. The highest BCUT2D eigenvalue weighted by molar-refractivity contribution is 6.02. The Balaban J connectivity index is 1.55. The van der Waals surface area contributed by atoms with E-state index in [0.717, 1.165) is 4.68 Å². The van der Waals surface area contributed by atoms with Gasteiger partial charge in [-0.1, -0.05) is 0 Å². The number of amides is 1. The third-order valence-electron chi connectivity index (χ3n) is 4.16. The van der Waals surface area contributed by atoms with Crippen LogP contribution in [0.2, 0.25) is 0 Å². The highest BCUT2D eigenvalue weighted by Crippen LogP contribution is 2.44. The summed E-state index contributed by atoms with van der Waals surface area (Å²) in [7, 11) is 0. The average molecular weight is 405 g/mol. The second-order valence-corrected chi connectivity index (χ2v) is 6.26. The van der Waals surface area contributed by atoms with Crippen LogP contribution in [0.3, 0.4) is 0 Å². The lowest BCUT2D eigenvalue weighted by atomic mass is 10.1. The number of rotatable bonds is 4. The van der Waals surface area contributed by atoms with Crippen molar-refractivity contribution < 1.29 is 27.4 Å². The minimum atomic E-state index is -3.71. The van der Waals surface area contributed by atoms with Gasteiger partial charge < -0.3 is 14.8 Å². The lowest BCUT2D eigenvalue weighted by Crippen LogP contribution is -2.25. The summed E-state index contributed by atoms with van der Waals surface area (Å²) in [6, 6.07) is 4.18. The molecule has 3 heterocycles. The molecule has 0 saturated heterocycles. The van der Waals surface area contributed by atoms with Crippen LogP contribution in [0.5, 0.6) is 11.5 Å². The van der Waals surface area contributed by atoms with E-state index < -0.39 is 18.5 Å². The quantitative estimate of drug-likeness (QED) is 0.712. The topological polar surface area (TPSA) is 91.2 Å². The van der Waals surface area contributed by atoms with Gasteiger partial charge in [-0.2, -0.15) is 5.10 Å². The molecule has 29 heavy (non-hydrogen) atoms. The molecule has 0 saturated carbocycles. The first-order valence-electron chi connectivity index (χ1n) is 8.45. The van der Waals surface area contributed by atoms with E-state index in [4.69, 9.17) is 0 Å². The number of carbonyl (C=O) groups is 1. The number of carbonyl (C=O) groups excluding carboxylic acids is 1. The Labute approximate surface area is 162 Å². The lowest BCUT2D eigenvalue weighted by Gasteiger charge is -2.09. The number of alkyl halides is 3. The number of aromatic nitrogens is 4. The number of nitrogens with zero attached hydrogens (tertiary/aromatic N) is 4.